The van der Waals surface area contributed by atoms with Gasteiger partial charge in [0.25, 0.3) is 0 Å². The number of anilines is 1. The number of nitrogens with zero attached hydrogens (tertiary/aromatic N) is 1. The highest BCUT2D eigenvalue weighted by molar-refractivity contribution is 5.76. The Morgan fingerprint density at radius 3 is 2.63 bits per heavy atom. The Morgan fingerprint density at radius 1 is 1.37 bits per heavy atom. The maximum Gasteiger partial charge on any atom is 0.231 e. The third-order valence-corrected chi connectivity index (χ3v) is 3.65. The van der Waals surface area contributed by atoms with Crippen LogP contribution in [0.4, 0.5) is 10.1 Å². The van der Waals surface area contributed by atoms with Gasteiger partial charge in [-0.1, -0.05) is 18.9 Å². The Balaban J connectivity index is 2.12. The molecule has 0 aromatic heterocycles. The molecule has 0 spiro atoms. The number of halogens is 1. The molecule has 19 heavy (non-hydrogen) atoms. The predicted octanol–water partition coefficient (Wildman–Crippen LogP) is 1.64. The first-order valence-corrected chi connectivity index (χ1v) is 6.62. The van der Waals surface area contributed by atoms with Crippen LogP contribution >= 0.6 is 0 Å². The lowest BCUT2D eigenvalue weighted by molar-refractivity contribution is -0.119. The number of rotatable bonds is 5. The van der Waals surface area contributed by atoms with Crippen LogP contribution in [0.25, 0.3) is 0 Å². The first kappa shape index (κ1) is 13.8. The lowest BCUT2D eigenvalue weighted by Gasteiger charge is -2.27. The summed E-state index contributed by atoms with van der Waals surface area (Å²) >= 11 is 0. The van der Waals surface area contributed by atoms with Gasteiger partial charge in [-0.25, -0.2) is 4.39 Å². The van der Waals surface area contributed by atoms with Crippen molar-refractivity contribution in [1.82, 2.24) is 4.90 Å². The average molecular weight is 265 g/mol. The molecule has 1 aliphatic carbocycles. The molecule has 1 amide bonds. The zero-order valence-electron chi connectivity index (χ0n) is 10.9. The van der Waals surface area contributed by atoms with Crippen LogP contribution < -0.4 is 11.5 Å². The number of hydrogen-bond donors (Lipinski definition) is 2. The molecule has 4 N–H and O–H groups in total. The second kappa shape index (κ2) is 6.02. The molecule has 0 heterocycles. The van der Waals surface area contributed by atoms with E-state index in [4.69, 9.17) is 11.5 Å². The van der Waals surface area contributed by atoms with Crippen LogP contribution in [0, 0.1) is 5.82 Å². The molecule has 1 aromatic carbocycles. The van der Waals surface area contributed by atoms with Crippen molar-refractivity contribution in [3.63, 3.8) is 0 Å². The van der Waals surface area contributed by atoms with E-state index in [2.05, 4.69) is 0 Å². The Labute approximate surface area is 112 Å². The van der Waals surface area contributed by atoms with Crippen LogP contribution in [0.2, 0.25) is 0 Å². The summed E-state index contributed by atoms with van der Waals surface area (Å²) < 4.78 is 13.8. The van der Waals surface area contributed by atoms with Gasteiger partial charge in [0.1, 0.15) is 5.82 Å². The summed E-state index contributed by atoms with van der Waals surface area (Å²) in [7, 11) is 0. The molecule has 1 aromatic rings. The predicted molar refractivity (Wildman–Crippen MR) is 72.7 cm³/mol. The molecule has 0 bridgehead atoms. The fourth-order valence-electron chi connectivity index (χ4n) is 2.69. The Bertz CT molecular complexity index is 458. The molecule has 1 saturated carbocycles. The van der Waals surface area contributed by atoms with Crippen LogP contribution in [0.1, 0.15) is 31.2 Å². The molecule has 1 fully saturated rings. The van der Waals surface area contributed by atoms with Gasteiger partial charge in [-0.3, -0.25) is 9.69 Å². The monoisotopic (exact) mass is 265 g/mol. The van der Waals surface area contributed by atoms with Gasteiger partial charge in [0.2, 0.25) is 5.91 Å². The lowest BCUT2D eigenvalue weighted by Crippen LogP contribution is -2.39. The number of benzene rings is 1. The quantitative estimate of drug-likeness (QED) is 0.795. The third-order valence-electron chi connectivity index (χ3n) is 3.65. The summed E-state index contributed by atoms with van der Waals surface area (Å²) in [5.74, 6) is -0.699. The van der Waals surface area contributed by atoms with Crippen LogP contribution in [0.5, 0.6) is 0 Å². The van der Waals surface area contributed by atoms with Gasteiger partial charge in [0, 0.05) is 23.8 Å². The number of hydrogen-bond acceptors (Lipinski definition) is 3. The second-order valence-corrected chi connectivity index (χ2v) is 5.16. The lowest BCUT2D eigenvalue weighted by atomic mass is 10.1. The van der Waals surface area contributed by atoms with E-state index >= 15 is 0 Å². The molecule has 0 radical (unpaired) electrons. The average Bonchev–Trinajstić information content (AvgIpc) is 2.84. The Hall–Kier alpha value is -1.62. The summed E-state index contributed by atoms with van der Waals surface area (Å²) in [6.07, 6.45) is 4.40. The van der Waals surface area contributed by atoms with E-state index in [1.165, 1.54) is 6.07 Å². The van der Waals surface area contributed by atoms with Gasteiger partial charge < -0.3 is 11.5 Å². The minimum atomic E-state index is -0.372. The zero-order chi connectivity index (χ0) is 13.8. The van der Waals surface area contributed by atoms with Crippen molar-refractivity contribution in [3.05, 3.63) is 29.6 Å². The fraction of sp³-hybridized carbons (Fsp3) is 0.500. The van der Waals surface area contributed by atoms with Crippen molar-refractivity contribution in [1.29, 1.82) is 0 Å². The van der Waals surface area contributed by atoms with Crippen molar-refractivity contribution < 1.29 is 9.18 Å². The van der Waals surface area contributed by atoms with E-state index in [0.29, 0.717) is 23.8 Å². The van der Waals surface area contributed by atoms with E-state index in [1.54, 1.807) is 12.1 Å². The minimum Gasteiger partial charge on any atom is -0.399 e. The van der Waals surface area contributed by atoms with Crippen molar-refractivity contribution >= 4 is 11.6 Å². The first-order chi connectivity index (χ1) is 9.06. The number of carbonyl (C=O) groups is 1. The molecule has 4 nitrogen and oxygen atoms in total. The number of nitrogens with two attached hydrogens (primary N) is 2. The number of primary amides is 1. The van der Waals surface area contributed by atoms with Crippen LogP contribution in [0.3, 0.4) is 0 Å². The third kappa shape index (κ3) is 3.67. The smallest absolute Gasteiger partial charge is 0.231 e. The van der Waals surface area contributed by atoms with Gasteiger partial charge in [-0.15, -0.1) is 0 Å². The molecule has 0 unspecified atom stereocenters. The molecule has 0 aliphatic heterocycles. The van der Waals surface area contributed by atoms with Gasteiger partial charge in [0.15, 0.2) is 0 Å². The van der Waals surface area contributed by atoms with E-state index in [9.17, 15) is 9.18 Å². The molecule has 5 heteroatoms. The highest BCUT2D eigenvalue weighted by Crippen LogP contribution is 2.25. The number of carbonyl (C=O) groups excluding carboxylic acids is 1. The fourth-order valence-corrected chi connectivity index (χ4v) is 2.69. The minimum absolute atomic E-state index is 0.175. The standard InChI is InChI=1S/C14H20FN3O/c15-13-7-11(16)6-5-10(13)8-18(9-14(17)19)12-3-1-2-4-12/h5-7,12H,1-4,8-9,16H2,(H2,17,19). The van der Waals surface area contributed by atoms with Gasteiger partial charge >= 0.3 is 0 Å². The van der Waals surface area contributed by atoms with Crippen molar-refractivity contribution in [2.75, 3.05) is 12.3 Å². The summed E-state index contributed by atoms with van der Waals surface area (Å²) in [5, 5.41) is 0. The van der Waals surface area contributed by atoms with Crippen LogP contribution in [-0.4, -0.2) is 23.4 Å². The van der Waals surface area contributed by atoms with Crippen molar-refractivity contribution in [2.24, 2.45) is 5.73 Å². The van der Waals surface area contributed by atoms with Crippen molar-refractivity contribution in [2.45, 2.75) is 38.3 Å². The highest BCUT2D eigenvalue weighted by Gasteiger charge is 2.24. The summed E-state index contributed by atoms with van der Waals surface area (Å²) in [6, 6.07) is 4.99. The van der Waals surface area contributed by atoms with E-state index < -0.39 is 0 Å². The largest absolute Gasteiger partial charge is 0.399 e. The molecule has 0 saturated heterocycles. The van der Waals surface area contributed by atoms with E-state index in [0.717, 1.165) is 25.7 Å². The molecule has 104 valence electrons. The number of amides is 1. The molecule has 1 aliphatic rings. The zero-order valence-corrected chi connectivity index (χ0v) is 10.9. The second-order valence-electron chi connectivity index (χ2n) is 5.16. The maximum absolute atomic E-state index is 13.8. The Kier molecular flexibility index (Phi) is 4.37. The van der Waals surface area contributed by atoms with E-state index in [-0.39, 0.29) is 18.3 Å². The summed E-state index contributed by atoms with van der Waals surface area (Å²) in [5.41, 5.74) is 11.8. The highest BCUT2D eigenvalue weighted by atomic mass is 19.1. The SMILES string of the molecule is NC(=O)CN(Cc1ccc(N)cc1F)C1CCCC1. The molecule has 2 rings (SSSR count). The summed E-state index contributed by atoms with van der Waals surface area (Å²) in [6.45, 7) is 0.578. The van der Waals surface area contributed by atoms with Crippen LogP contribution in [-0.2, 0) is 11.3 Å². The normalized spacial score (nSPS) is 16.1. The van der Waals surface area contributed by atoms with Crippen LogP contribution in [0.15, 0.2) is 18.2 Å². The van der Waals surface area contributed by atoms with Crippen molar-refractivity contribution in [3.8, 4) is 0 Å². The first-order valence-electron chi connectivity index (χ1n) is 6.62. The van der Waals surface area contributed by atoms with Gasteiger partial charge in [-0.05, 0) is 25.0 Å². The van der Waals surface area contributed by atoms with E-state index in [1.807, 2.05) is 4.90 Å². The summed E-state index contributed by atoms with van der Waals surface area (Å²) in [4.78, 5) is 13.1. The topological polar surface area (TPSA) is 72.4 Å². The molecular formula is C14H20FN3O. The van der Waals surface area contributed by atoms with Gasteiger partial charge in [0.05, 0.1) is 6.54 Å². The number of nitrogen functional groups attached to an aromatic ring is 1. The molecular weight excluding hydrogens is 245 g/mol. The molecule has 0 atom stereocenters. The van der Waals surface area contributed by atoms with Gasteiger partial charge in [-0.2, -0.15) is 0 Å². The maximum atomic E-state index is 13.8. The Morgan fingerprint density at radius 2 is 2.05 bits per heavy atom.